The summed E-state index contributed by atoms with van der Waals surface area (Å²) in [7, 11) is 0. The van der Waals surface area contributed by atoms with Crippen LogP contribution in [0.5, 0.6) is 0 Å². The number of fused-ring (bicyclic) bond motifs is 1. The van der Waals surface area contributed by atoms with Crippen LogP contribution in [0.25, 0.3) is 5.65 Å². The molecule has 0 spiro atoms. The lowest BCUT2D eigenvalue weighted by Crippen LogP contribution is -2.30. The van der Waals surface area contributed by atoms with Gasteiger partial charge in [0.05, 0.1) is 6.04 Å². The summed E-state index contributed by atoms with van der Waals surface area (Å²) in [6.45, 7) is 2.00. The Morgan fingerprint density at radius 1 is 1.45 bits per heavy atom. The Morgan fingerprint density at radius 3 is 3.05 bits per heavy atom. The summed E-state index contributed by atoms with van der Waals surface area (Å²) < 4.78 is 1.94. The number of hydrogen-bond donors (Lipinski definition) is 1. The Kier molecular flexibility index (Phi) is 5.40. The molecule has 1 N–H and O–H groups in total. The third kappa shape index (κ3) is 3.50. The predicted molar refractivity (Wildman–Crippen MR) is 81.8 cm³/mol. The van der Waals surface area contributed by atoms with E-state index in [1.54, 1.807) is 11.8 Å². The maximum absolute atomic E-state index is 11.9. The average molecular weight is 292 g/mol. The fourth-order valence-corrected chi connectivity index (χ4v) is 2.56. The Balaban J connectivity index is 2.23. The Hall–Kier alpha value is -1.56. The molecule has 0 saturated heterocycles. The summed E-state index contributed by atoms with van der Waals surface area (Å²) in [5.41, 5.74) is 0.807. The second-order valence-corrected chi connectivity index (χ2v) is 5.62. The minimum atomic E-state index is -0.0844. The first kappa shape index (κ1) is 14.8. The smallest absolute Gasteiger partial charge is 0.220 e. The molecule has 0 aliphatic carbocycles. The maximum atomic E-state index is 11.9. The molecule has 2 aromatic rings. The van der Waals surface area contributed by atoms with E-state index in [0.29, 0.717) is 6.42 Å². The molecule has 0 aliphatic heterocycles. The first-order valence-electron chi connectivity index (χ1n) is 6.84. The van der Waals surface area contributed by atoms with Gasteiger partial charge in [-0.1, -0.05) is 13.0 Å². The molecule has 0 radical (unpaired) electrons. The molecule has 0 unspecified atom stereocenters. The van der Waals surface area contributed by atoms with Crippen LogP contribution in [-0.4, -0.2) is 32.5 Å². The van der Waals surface area contributed by atoms with Gasteiger partial charge in [0.2, 0.25) is 5.91 Å². The quantitative estimate of drug-likeness (QED) is 0.851. The van der Waals surface area contributed by atoms with E-state index in [4.69, 9.17) is 0 Å². The Bertz CT molecular complexity index is 569. The van der Waals surface area contributed by atoms with Crippen molar-refractivity contribution in [2.75, 3.05) is 12.0 Å². The number of amides is 1. The summed E-state index contributed by atoms with van der Waals surface area (Å²) in [5.74, 6) is 1.85. The van der Waals surface area contributed by atoms with Crippen molar-refractivity contribution in [1.82, 2.24) is 19.9 Å². The van der Waals surface area contributed by atoms with Crippen LogP contribution in [0, 0.1) is 0 Å². The van der Waals surface area contributed by atoms with Crippen molar-refractivity contribution >= 4 is 23.3 Å². The molecule has 6 heteroatoms. The number of carbonyl (C=O) groups is 1. The summed E-state index contributed by atoms with van der Waals surface area (Å²) in [4.78, 5) is 11.9. The molecule has 20 heavy (non-hydrogen) atoms. The average Bonchev–Trinajstić information content (AvgIpc) is 2.87. The molecule has 2 rings (SSSR count). The molecule has 5 nitrogen and oxygen atoms in total. The Labute approximate surface area is 123 Å². The van der Waals surface area contributed by atoms with Crippen molar-refractivity contribution in [3.8, 4) is 0 Å². The SMILES string of the molecule is CCCC(=O)N[C@@H](CCSC)c1nnc2ccccn12. The number of hydrogen-bond acceptors (Lipinski definition) is 4. The van der Waals surface area contributed by atoms with Gasteiger partial charge in [0.15, 0.2) is 11.5 Å². The molecule has 0 aromatic carbocycles. The van der Waals surface area contributed by atoms with Crippen molar-refractivity contribution < 1.29 is 4.79 Å². The molecular formula is C14H20N4OS. The molecule has 1 atom stereocenters. The van der Waals surface area contributed by atoms with Gasteiger partial charge < -0.3 is 5.32 Å². The van der Waals surface area contributed by atoms with Gasteiger partial charge in [-0.3, -0.25) is 9.20 Å². The molecule has 0 bridgehead atoms. The number of thioether (sulfide) groups is 1. The second-order valence-electron chi connectivity index (χ2n) is 4.64. The van der Waals surface area contributed by atoms with Gasteiger partial charge in [0.1, 0.15) is 0 Å². The molecule has 2 heterocycles. The number of rotatable bonds is 7. The number of carbonyl (C=O) groups excluding carboxylic acids is 1. The van der Waals surface area contributed by atoms with Gasteiger partial charge >= 0.3 is 0 Å². The van der Waals surface area contributed by atoms with Gasteiger partial charge in [0, 0.05) is 12.6 Å². The lowest BCUT2D eigenvalue weighted by atomic mass is 10.2. The molecule has 1 amide bonds. The highest BCUT2D eigenvalue weighted by Crippen LogP contribution is 2.18. The van der Waals surface area contributed by atoms with Crippen LogP contribution < -0.4 is 5.32 Å². The van der Waals surface area contributed by atoms with Crippen LogP contribution in [-0.2, 0) is 4.79 Å². The van der Waals surface area contributed by atoms with E-state index < -0.39 is 0 Å². The minimum Gasteiger partial charge on any atom is -0.346 e. The van der Waals surface area contributed by atoms with E-state index in [1.165, 1.54) is 0 Å². The standard InChI is InChI=1S/C14H20N4OS/c1-3-6-13(19)15-11(8-10-20-2)14-17-16-12-7-4-5-9-18(12)14/h4-5,7,9,11H,3,6,8,10H2,1-2H3,(H,15,19)/t11-/m0/s1. The van der Waals surface area contributed by atoms with E-state index in [2.05, 4.69) is 21.8 Å². The zero-order valence-corrected chi connectivity index (χ0v) is 12.7. The van der Waals surface area contributed by atoms with Gasteiger partial charge in [0.25, 0.3) is 0 Å². The first-order chi connectivity index (χ1) is 9.76. The van der Waals surface area contributed by atoms with E-state index in [-0.39, 0.29) is 11.9 Å². The summed E-state index contributed by atoms with van der Waals surface area (Å²) in [6, 6.07) is 5.70. The lowest BCUT2D eigenvalue weighted by molar-refractivity contribution is -0.121. The highest BCUT2D eigenvalue weighted by Gasteiger charge is 2.19. The van der Waals surface area contributed by atoms with Gasteiger partial charge in [-0.15, -0.1) is 10.2 Å². The highest BCUT2D eigenvalue weighted by atomic mass is 32.2. The van der Waals surface area contributed by atoms with Crippen molar-refractivity contribution in [3.63, 3.8) is 0 Å². The molecule has 2 aromatic heterocycles. The maximum Gasteiger partial charge on any atom is 0.220 e. The number of pyridine rings is 1. The van der Waals surface area contributed by atoms with Crippen LogP contribution in [0.2, 0.25) is 0 Å². The fraction of sp³-hybridized carbons (Fsp3) is 0.500. The van der Waals surface area contributed by atoms with Crippen LogP contribution in [0.1, 0.15) is 38.1 Å². The lowest BCUT2D eigenvalue weighted by Gasteiger charge is -2.16. The zero-order valence-electron chi connectivity index (χ0n) is 11.9. The van der Waals surface area contributed by atoms with E-state index >= 15 is 0 Å². The van der Waals surface area contributed by atoms with E-state index in [1.807, 2.05) is 35.7 Å². The zero-order chi connectivity index (χ0) is 14.4. The molecule has 0 aliphatic rings. The third-order valence-electron chi connectivity index (χ3n) is 3.07. The first-order valence-corrected chi connectivity index (χ1v) is 8.23. The molecule has 0 saturated carbocycles. The van der Waals surface area contributed by atoms with Crippen LogP contribution in [0.3, 0.4) is 0 Å². The topological polar surface area (TPSA) is 59.3 Å². The second kappa shape index (κ2) is 7.28. The summed E-state index contributed by atoms with van der Waals surface area (Å²) >= 11 is 1.76. The predicted octanol–water partition coefficient (Wildman–Crippen LogP) is 2.44. The monoisotopic (exact) mass is 292 g/mol. The van der Waals surface area contributed by atoms with Crippen molar-refractivity contribution in [3.05, 3.63) is 30.2 Å². The normalized spacial score (nSPS) is 12.5. The van der Waals surface area contributed by atoms with Gasteiger partial charge in [-0.2, -0.15) is 11.8 Å². The minimum absolute atomic E-state index is 0.0753. The molecule has 0 fully saturated rings. The number of nitrogens with one attached hydrogen (secondary N) is 1. The Morgan fingerprint density at radius 2 is 2.30 bits per heavy atom. The fourth-order valence-electron chi connectivity index (χ4n) is 2.09. The highest BCUT2D eigenvalue weighted by molar-refractivity contribution is 7.98. The van der Waals surface area contributed by atoms with Crippen LogP contribution in [0.4, 0.5) is 0 Å². The number of nitrogens with zero attached hydrogens (tertiary/aromatic N) is 3. The molecule has 108 valence electrons. The van der Waals surface area contributed by atoms with E-state index in [9.17, 15) is 4.79 Å². The molecular weight excluding hydrogens is 272 g/mol. The third-order valence-corrected chi connectivity index (χ3v) is 3.72. The largest absolute Gasteiger partial charge is 0.346 e. The van der Waals surface area contributed by atoms with Gasteiger partial charge in [-0.25, -0.2) is 0 Å². The van der Waals surface area contributed by atoms with Crippen LogP contribution in [0.15, 0.2) is 24.4 Å². The van der Waals surface area contributed by atoms with Crippen molar-refractivity contribution in [2.24, 2.45) is 0 Å². The number of aromatic nitrogens is 3. The summed E-state index contributed by atoms with van der Waals surface area (Å²) in [6.07, 6.45) is 6.25. The summed E-state index contributed by atoms with van der Waals surface area (Å²) in [5, 5.41) is 11.5. The van der Waals surface area contributed by atoms with Crippen LogP contribution >= 0.6 is 11.8 Å². The van der Waals surface area contributed by atoms with Crippen molar-refractivity contribution in [2.45, 2.75) is 32.2 Å². The van der Waals surface area contributed by atoms with Crippen molar-refractivity contribution in [1.29, 1.82) is 0 Å². The van der Waals surface area contributed by atoms with E-state index in [0.717, 1.165) is 30.1 Å². The van der Waals surface area contributed by atoms with Gasteiger partial charge in [-0.05, 0) is 37.0 Å².